The van der Waals surface area contributed by atoms with Crippen molar-refractivity contribution in [3.05, 3.63) is 59.9 Å². The summed E-state index contributed by atoms with van der Waals surface area (Å²) in [6.45, 7) is 1.16. The van der Waals surface area contributed by atoms with E-state index in [0.29, 0.717) is 18.7 Å². The molecule has 1 saturated heterocycles. The maximum absolute atomic E-state index is 12.9. The third-order valence-corrected chi connectivity index (χ3v) is 5.86. The second-order valence-corrected chi connectivity index (χ2v) is 7.70. The first-order valence-corrected chi connectivity index (χ1v) is 10.3. The molecule has 1 aliphatic rings. The number of piperidine rings is 1. The first-order chi connectivity index (χ1) is 13.2. The number of hydrogen-bond donors (Lipinski definition) is 1. The highest BCUT2D eigenvalue weighted by Gasteiger charge is 2.29. The Balaban J connectivity index is 1.49. The molecule has 6 heteroatoms. The zero-order valence-corrected chi connectivity index (χ0v) is 16.0. The molecule has 1 amide bonds. The number of amides is 1. The van der Waals surface area contributed by atoms with E-state index in [0.717, 1.165) is 34.3 Å². The number of thioether (sulfide) groups is 1. The summed E-state index contributed by atoms with van der Waals surface area (Å²) in [6.07, 6.45) is 5.31. The number of likely N-dealkylation sites (tertiary alicyclic amines) is 1. The summed E-state index contributed by atoms with van der Waals surface area (Å²) in [5.41, 5.74) is 3.04. The van der Waals surface area contributed by atoms with Crippen molar-refractivity contribution in [2.75, 3.05) is 19.3 Å². The molecule has 5 nitrogen and oxygen atoms in total. The third kappa shape index (κ3) is 3.62. The van der Waals surface area contributed by atoms with E-state index in [1.165, 1.54) is 0 Å². The Morgan fingerprint density at radius 2 is 1.93 bits per heavy atom. The van der Waals surface area contributed by atoms with Crippen LogP contribution in [0.3, 0.4) is 0 Å². The fraction of sp³-hybridized carbons (Fsp3) is 0.286. The van der Waals surface area contributed by atoms with Crippen LogP contribution in [0.25, 0.3) is 11.0 Å². The largest absolute Gasteiger partial charge is 0.345 e. The van der Waals surface area contributed by atoms with Crippen molar-refractivity contribution in [2.45, 2.75) is 17.7 Å². The Bertz CT molecular complexity index is 981. The summed E-state index contributed by atoms with van der Waals surface area (Å²) in [4.78, 5) is 36.0. The summed E-state index contributed by atoms with van der Waals surface area (Å²) in [5, 5.41) is 0. The van der Waals surface area contributed by atoms with Crippen LogP contribution in [0.5, 0.6) is 0 Å². The quantitative estimate of drug-likeness (QED) is 0.549. The molecule has 138 valence electrons. The minimum Gasteiger partial charge on any atom is -0.345 e. The molecule has 1 aliphatic heterocycles. The molecule has 0 bridgehead atoms. The summed E-state index contributed by atoms with van der Waals surface area (Å²) >= 11 is 1.66. The minimum atomic E-state index is -0.140. The number of nitrogens with zero attached hydrogens (tertiary/aromatic N) is 2. The molecular formula is C21H21N3O2S. The van der Waals surface area contributed by atoms with Gasteiger partial charge in [0, 0.05) is 35.0 Å². The van der Waals surface area contributed by atoms with Gasteiger partial charge in [-0.3, -0.25) is 9.59 Å². The van der Waals surface area contributed by atoms with Gasteiger partial charge in [-0.1, -0.05) is 12.1 Å². The lowest BCUT2D eigenvalue weighted by Crippen LogP contribution is -2.42. The maximum atomic E-state index is 12.9. The number of ketones is 1. The lowest BCUT2D eigenvalue weighted by Gasteiger charge is -2.32. The minimum absolute atomic E-state index is 0.0262. The zero-order valence-electron chi connectivity index (χ0n) is 15.1. The van der Waals surface area contributed by atoms with Crippen LogP contribution in [0.2, 0.25) is 0 Å². The van der Waals surface area contributed by atoms with Gasteiger partial charge in [0.25, 0.3) is 5.91 Å². The maximum Gasteiger partial charge on any atom is 0.253 e. The first-order valence-electron chi connectivity index (χ1n) is 9.06. The van der Waals surface area contributed by atoms with E-state index in [9.17, 15) is 9.59 Å². The SMILES string of the molecule is CSc1ccc(C(=O)[C@@H]2CCCN(C(=O)c3ccc4nc[nH]c4c3)C2)cc1. The standard InChI is InChI=1S/C21H21N3O2S/c1-27-17-7-4-14(5-8-17)20(25)16-3-2-10-24(12-16)21(26)15-6-9-18-19(11-15)23-13-22-18/h4-9,11,13,16H,2-3,10,12H2,1H3,(H,22,23)/t16-/m1/s1. The molecule has 0 aliphatic carbocycles. The summed E-state index contributed by atoms with van der Waals surface area (Å²) < 4.78 is 0. The number of fused-ring (bicyclic) bond motifs is 1. The van der Waals surface area contributed by atoms with Crippen molar-refractivity contribution in [2.24, 2.45) is 5.92 Å². The second kappa shape index (κ2) is 7.56. The van der Waals surface area contributed by atoms with Gasteiger partial charge in [-0.2, -0.15) is 0 Å². The topological polar surface area (TPSA) is 66.1 Å². The smallest absolute Gasteiger partial charge is 0.253 e. The van der Waals surface area contributed by atoms with Gasteiger partial charge >= 0.3 is 0 Å². The van der Waals surface area contributed by atoms with Gasteiger partial charge in [0.05, 0.1) is 17.4 Å². The average molecular weight is 379 g/mol. The molecule has 1 aromatic heterocycles. The molecule has 3 aromatic rings. The molecule has 0 saturated carbocycles. The summed E-state index contributed by atoms with van der Waals surface area (Å²) in [6, 6.07) is 13.2. The number of Topliss-reactive ketones (excluding diaryl/α,β-unsaturated/α-hetero) is 1. The number of imidazole rings is 1. The molecule has 0 radical (unpaired) electrons. The number of H-pyrrole nitrogens is 1. The Morgan fingerprint density at radius 1 is 1.15 bits per heavy atom. The normalized spacial score (nSPS) is 17.2. The van der Waals surface area contributed by atoms with Gasteiger partial charge in [0.15, 0.2) is 5.78 Å². The number of nitrogens with one attached hydrogen (secondary N) is 1. The molecule has 2 heterocycles. The predicted molar refractivity (Wildman–Crippen MR) is 107 cm³/mol. The van der Waals surface area contributed by atoms with E-state index in [-0.39, 0.29) is 17.6 Å². The van der Waals surface area contributed by atoms with Gasteiger partial charge < -0.3 is 9.88 Å². The van der Waals surface area contributed by atoms with Gasteiger partial charge in [-0.05, 0) is 49.4 Å². The number of hydrogen-bond acceptors (Lipinski definition) is 4. The molecule has 0 spiro atoms. The molecule has 1 atom stereocenters. The molecule has 1 N–H and O–H groups in total. The Labute approximate surface area is 162 Å². The van der Waals surface area contributed by atoms with E-state index >= 15 is 0 Å². The highest BCUT2D eigenvalue weighted by atomic mass is 32.2. The van der Waals surface area contributed by atoms with Crippen molar-refractivity contribution in [3.8, 4) is 0 Å². The van der Waals surface area contributed by atoms with Crippen molar-refractivity contribution >= 4 is 34.5 Å². The fourth-order valence-corrected chi connectivity index (χ4v) is 4.03. The molecule has 27 heavy (non-hydrogen) atoms. The van der Waals surface area contributed by atoms with Gasteiger partial charge in [-0.15, -0.1) is 11.8 Å². The van der Waals surface area contributed by atoms with Gasteiger partial charge in [0.1, 0.15) is 0 Å². The van der Waals surface area contributed by atoms with Crippen LogP contribution in [0.15, 0.2) is 53.7 Å². The van der Waals surface area contributed by atoms with Crippen LogP contribution in [0.4, 0.5) is 0 Å². The third-order valence-electron chi connectivity index (χ3n) is 5.12. The number of aromatic amines is 1. The highest BCUT2D eigenvalue weighted by molar-refractivity contribution is 7.98. The lowest BCUT2D eigenvalue weighted by atomic mass is 9.89. The molecule has 0 unspecified atom stereocenters. The fourth-order valence-electron chi connectivity index (χ4n) is 3.62. The van der Waals surface area contributed by atoms with Crippen LogP contribution < -0.4 is 0 Å². The summed E-state index contributed by atoms with van der Waals surface area (Å²) in [7, 11) is 0. The number of carbonyl (C=O) groups is 2. The van der Waals surface area contributed by atoms with Crippen molar-refractivity contribution in [1.82, 2.24) is 14.9 Å². The first kappa shape index (κ1) is 17.8. The zero-order chi connectivity index (χ0) is 18.8. The molecule has 2 aromatic carbocycles. The van der Waals surface area contributed by atoms with Crippen molar-refractivity contribution < 1.29 is 9.59 Å². The summed E-state index contributed by atoms with van der Waals surface area (Å²) in [5.74, 6) is -0.0374. The Kier molecular flexibility index (Phi) is 4.99. The van der Waals surface area contributed by atoms with Gasteiger partial charge in [-0.25, -0.2) is 4.98 Å². The predicted octanol–water partition coefficient (Wildman–Crippen LogP) is 4.02. The number of benzene rings is 2. The van der Waals surface area contributed by atoms with Crippen LogP contribution in [-0.2, 0) is 0 Å². The van der Waals surface area contributed by atoms with E-state index in [2.05, 4.69) is 9.97 Å². The number of carbonyl (C=O) groups excluding carboxylic acids is 2. The highest BCUT2D eigenvalue weighted by Crippen LogP contribution is 2.24. The number of aromatic nitrogens is 2. The monoisotopic (exact) mass is 379 g/mol. The Hall–Kier alpha value is -2.60. The van der Waals surface area contributed by atoms with Crippen molar-refractivity contribution in [1.29, 1.82) is 0 Å². The van der Waals surface area contributed by atoms with Crippen LogP contribution in [0, 0.1) is 5.92 Å². The average Bonchev–Trinajstić information content (AvgIpc) is 3.20. The Morgan fingerprint density at radius 3 is 2.70 bits per heavy atom. The molecule has 1 fully saturated rings. The van der Waals surface area contributed by atoms with Gasteiger partial charge in [0.2, 0.25) is 0 Å². The van der Waals surface area contributed by atoms with Crippen LogP contribution in [0.1, 0.15) is 33.6 Å². The molecular weight excluding hydrogens is 358 g/mol. The van der Waals surface area contributed by atoms with Crippen LogP contribution >= 0.6 is 11.8 Å². The second-order valence-electron chi connectivity index (χ2n) is 6.82. The van der Waals surface area contributed by atoms with E-state index in [1.54, 1.807) is 29.1 Å². The van der Waals surface area contributed by atoms with Crippen LogP contribution in [-0.4, -0.2) is 45.9 Å². The number of rotatable bonds is 4. The van der Waals surface area contributed by atoms with E-state index in [1.807, 2.05) is 42.7 Å². The van der Waals surface area contributed by atoms with E-state index in [4.69, 9.17) is 0 Å². The molecule has 4 rings (SSSR count). The lowest BCUT2D eigenvalue weighted by molar-refractivity contribution is 0.0637. The van der Waals surface area contributed by atoms with E-state index < -0.39 is 0 Å². The van der Waals surface area contributed by atoms with Crippen molar-refractivity contribution in [3.63, 3.8) is 0 Å².